The number of hydrogen-bond acceptors (Lipinski definition) is 5. The van der Waals surface area contributed by atoms with Crippen LogP contribution in [0.2, 0.25) is 0 Å². The first-order valence-corrected chi connectivity index (χ1v) is 6.91. The number of aliphatic hydroxyl groups excluding tert-OH is 4. The summed E-state index contributed by atoms with van der Waals surface area (Å²) in [6, 6.07) is 7.26. The predicted octanol–water partition coefficient (Wildman–Crippen LogP) is -0.748. The topological polar surface area (TPSA) is 90.2 Å². The van der Waals surface area contributed by atoms with E-state index in [2.05, 4.69) is 23.7 Å². The third-order valence-corrected chi connectivity index (χ3v) is 3.38. The van der Waals surface area contributed by atoms with Gasteiger partial charge in [-0.2, -0.15) is 0 Å². The molecule has 0 aliphatic carbocycles. The van der Waals surface area contributed by atoms with Gasteiger partial charge in [-0.15, -0.1) is 5.92 Å². The van der Waals surface area contributed by atoms with Crippen molar-refractivity contribution in [2.24, 2.45) is 0 Å². The number of ether oxygens (including phenoxy) is 1. The van der Waals surface area contributed by atoms with Gasteiger partial charge in [0, 0.05) is 11.1 Å². The SMILES string of the molecule is CC#Cc1cccc(C#C[C@H]2O[C@H](CO)[C@@H](O)[C@H](O)[C@@H]2O)c1. The van der Waals surface area contributed by atoms with Gasteiger partial charge in [0.15, 0.2) is 0 Å². The molecule has 1 saturated heterocycles. The average molecular weight is 302 g/mol. The fourth-order valence-corrected chi connectivity index (χ4v) is 2.19. The van der Waals surface area contributed by atoms with Crippen molar-refractivity contribution in [1.29, 1.82) is 0 Å². The highest BCUT2D eigenvalue weighted by atomic mass is 16.5. The third-order valence-electron chi connectivity index (χ3n) is 3.38. The lowest BCUT2D eigenvalue weighted by Crippen LogP contribution is -2.58. The normalized spacial score (nSPS) is 30.7. The van der Waals surface area contributed by atoms with Crippen LogP contribution in [-0.4, -0.2) is 57.6 Å². The number of benzene rings is 1. The van der Waals surface area contributed by atoms with E-state index in [0.717, 1.165) is 5.56 Å². The van der Waals surface area contributed by atoms with Crippen LogP contribution in [0, 0.1) is 23.7 Å². The quantitative estimate of drug-likeness (QED) is 0.513. The van der Waals surface area contributed by atoms with Gasteiger partial charge in [-0.1, -0.05) is 23.8 Å². The molecule has 116 valence electrons. The van der Waals surface area contributed by atoms with Crippen molar-refractivity contribution in [3.63, 3.8) is 0 Å². The Balaban J connectivity index is 2.19. The van der Waals surface area contributed by atoms with E-state index in [4.69, 9.17) is 9.84 Å². The van der Waals surface area contributed by atoms with Crippen LogP contribution in [0.15, 0.2) is 24.3 Å². The molecule has 0 bridgehead atoms. The molecular formula is C17H18O5. The number of hydrogen-bond donors (Lipinski definition) is 4. The molecule has 0 radical (unpaired) electrons. The Morgan fingerprint density at radius 3 is 2.36 bits per heavy atom. The van der Waals surface area contributed by atoms with E-state index in [1.54, 1.807) is 19.1 Å². The monoisotopic (exact) mass is 302 g/mol. The van der Waals surface area contributed by atoms with Crippen LogP contribution in [-0.2, 0) is 4.74 Å². The highest BCUT2D eigenvalue weighted by molar-refractivity contribution is 5.43. The molecule has 0 saturated carbocycles. The van der Waals surface area contributed by atoms with Crippen molar-refractivity contribution in [3.8, 4) is 23.7 Å². The summed E-state index contributed by atoms with van der Waals surface area (Å²) < 4.78 is 5.32. The van der Waals surface area contributed by atoms with Crippen molar-refractivity contribution in [2.75, 3.05) is 6.61 Å². The lowest BCUT2D eigenvalue weighted by atomic mass is 9.95. The second-order valence-electron chi connectivity index (χ2n) is 4.97. The summed E-state index contributed by atoms with van der Waals surface area (Å²) in [7, 11) is 0. The third kappa shape index (κ3) is 3.66. The molecule has 1 heterocycles. The van der Waals surface area contributed by atoms with Crippen molar-refractivity contribution >= 4 is 0 Å². The lowest BCUT2D eigenvalue weighted by Gasteiger charge is -2.37. The first-order chi connectivity index (χ1) is 10.6. The first kappa shape index (κ1) is 16.5. The highest BCUT2D eigenvalue weighted by Gasteiger charge is 2.42. The molecule has 1 aromatic rings. The summed E-state index contributed by atoms with van der Waals surface area (Å²) in [5.41, 5.74) is 1.51. The van der Waals surface area contributed by atoms with Gasteiger partial charge in [-0.05, 0) is 25.1 Å². The van der Waals surface area contributed by atoms with Crippen molar-refractivity contribution in [2.45, 2.75) is 37.4 Å². The molecule has 0 spiro atoms. The Bertz CT molecular complexity index is 632. The Morgan fingerprint density at radius 1 is 1.05 bits per heavy atom. The van der Waals surface area contributed by atoms with Gasteiger partial charge >= 0.3 is 0 Å². The smallest absolute Gasteiger partial charge is 0.147 e. The second kappa shape index (κ2) is 7.42. The van der Waals surface area contributed by atoms with Crippen molar-refractivity contribution in [1.82, 2.24) is 0 Å². The maximum atomic E-state index is 9.90. The molecule has 1 fully saturated rings. The van der Waals surface area contributed by atoms with Crippen LogP contribution in [0.25, 0.3) is 0 Å². The molecule has 22 heavy (non-hydrogen) atoms. The first-order valence-electron chi connectivity index (χ1n) is 6.91. The highest BCUT2D eigenvalue weighted by Crippen LogP contribution is 2.20. The molecule has 0 amide bonds. The largest absolute Gasteiger partial charge is 0.394 e. The minimum absolute atomic E-state index is 0.468. The minimum Gasteiger partial charge on any atom is -0.394 e. The van der Waals surface area contributed by atoms with E-state index in [0.29, 0.717) is 5.56 Å². The van der Waals surface area contributed by atoms with Gasteiger partial charge in [-0.25, -0.2) is 0 Å². The minimum atomic E-state index is -1.41. The van der Waals surface area contributed by atoms with E-state index < -0.39 is 37.1 Å². The Hall–Kier alpha value is -1.86. The van der Waals surface area contributed by atoms with Crippen LogP contribution in [0.5, 0.6) is 0 Å². The van der Waals surface area contributed by atoms with Gasteiger partial charge in [0.2, 0.25) is 0 Å². The second-order valence-corrected chi connectivity index (χ2v) is 4.97. The zero-order valence-corrected chi connectivity index (χ0v) is 12.1. The molecule has 5 heteroatoms. The number of rotatable bonds is 1. The average Bonchev–Trinajstić information content (AvgIpc) is 2.53. The van der Waals surface area contributed by atoms with Crippen molar-refractivity contribution in [3.05, 3.63) is 35.4 Å². The van der Waals surface area contributed by atoms with Crippen LogP contribution >= 0.6 is 0 Å². The standard InChI is InChI=1S/C17H18O5/c1-2-4-11-5-3-6-12(9-11)7-8-13-15(19)17(21)16(20)14(10-18)22-13/h3,5-6,9,13-21H,10H2,1H3/t13-,14-,15-,16-,17-/m1/s1. The molecule has 0 aromatic heterocycles. The zero-order valence-electron chi connectivity index (χ0n) is 12.1. The summed E-state index contributed by atoms with van der Waals surface area (Å²) in [6.45, 7) is 1.27. The van der Waals surface area contributed by atoms with Gasteiger partial charge in [0.1, 0.15) is 30.5 Å². The summed E-state index contributed by atoms with van der Waals surface area (Å²) in [4.78, 5) is 0. The fourth-order valence-electron chi connectivity index (χ4n) is 2.19. The maximum absolute atomic E-state index is 9.90. The molecule has 2 rings (SSSR count). The lowest BCUT2D eigenvalue weighted by molar-refractivity contribution is -0.214. The molecule has 5 nitrogen and oxygen atoms in total. The van der Waals surface area contributed by atoms with Gasteiger partial charge in [0.05, 0.1) is 6.61 Å². The van der Waals surface area contributed by atoms with Crippen molar-refractivity contribution < 1.29 is 25.2 Å². The van der Waals surface area contributed by atoms with Crippen LogP contribution < -0.4 is 0 Å². The van der Waals surface area contributed by atoms with E-state index in [9.17, 15) is 15.3 Å². The Kier molecular flexibility index (Phi) is 5.57. The van der Waals surface area contributed by atoms with Crippen LogP contribution in [0.3, 0.4) is 0 Å². The molecule has 0 unspecified atom stereocenters. The van der Waals surface area contributed by atoms with E-state index in [1.807, 2.05) is 12.1 Å². The van der Waals surface area contributed by atoms with E-state index in [1.165, 1.54) is 0 Å². The van der Waals surface area contributed by atoms with Crippen LogP contribution in [0.1, 0.15) is 18.1 Å². The summed E-state index contributed by atoms with van der Waals surface area (Å²) in [5.74, 6) is 11.3. The van der Waals surface area contributed by atoms with E-state index in [-0.39, 0.29) is 0 Å². The van der Waals surface area contributed by atoms with Gasteiger partial charge in [0.25, 0.3) is 0 Å². The molecule has 5 atom stereocenters. The predicted molar refractivity (Wildman–Crippen MR) is 79.6 cm³/mol. The summed E-state index contributed by atoms with van der Waals surface area (Å²) in [6.07, 6.45) is -6.07. The Morgan fingerprint density at radius 2 is 1.73 bits per heavy atom. The molecule has 1 aromatic carbocycles. The van der Waals surface area contributed by atoms with Gasteiger partial charge < -0.3 is 25.2 Å². The summed E-state index contributed by atoms with van der Waals surface area (Å²) >= 11 is 0. The fraction of sp³-hybridized carbons (Fsp3) is 0.412. The number of aliphatic hydroxyl groups is 4. The maximum Gasteiger partial charge on any atom is 0.147 e. The Labute approximate surface area is 129 Å². The molecule has 4 N–H and O–H groups in total. The summed E-state index contributed by atoms with van der Waals surface area (Å²) in [5, 5.41) is 38.4. The zero-order chi connectivity index (χ0) is 16.1. The molecule has 1 aliphatic rings. The van der Waals surface area contributed by atoms with Crippen LogP contribution in [0.4, 0.5) is 0 Å². The molecule has 1 aliphatic heterocycles. The van der Waals surface area contributed by atoms with E-state index >= 15 is 0 Å². The molecular weight excluding hydrogens is 284 g/mol. The van der Waals surface area contributed by atoms with Gasteiger partial charge in [-0.3, -0.25) is 0 Å².